The van der Waals surface area contributed by atoms with Crippen molar-refractivity contribution >= 4 is 11.5 Å². The van der Waals surface area contributed by atoms with Gasteiger partial charge in [-0.15, -0.1) is 0 Å². The molecule has 3 aromatic carbocycles. The van der Waals surface area contributed by atoms with Crippen molar-refractivity contribution in [1.29, 1.82) is 0 Å². The minimum absolute atomic E-state index is 0.00997. The highest BCUT2D eigenvalue weighted by molar-refractivity contribution is 5.75. The molecule has 0 bridgehead atoms. The molecule has 37 heavy (non-hydrogen) atoms. The Morgan fingerprint density at radius 2 is 1.68 bits per heavy atom. The first kappa shape index (κ1) is 26.7. The summed E-state index contributed by atoms with van der Waals surface area (Å²) < 4.78 is 12.7. The van der Waals surface area contributed by atoms with Gasteiger partial charge in [-0.1, -0.05) is 66.2 Å². The van der Waals surface area contributed by atoms with Crippen molar-refractivity contribution < 1.29 is 14.3 Å². The first-order chi connectivity index (χ1) is 17.9. The Labute approximate surface area is 221 Å². The van der Waals surface area contributed by atoms with Gasteiger partial charge in [-0.25, -0.2) is 0 Å². The number of carbonyl (C=O) groups excluding carboxylic acids is 1. The van der Waals surface area contributed by atoms with Crippen LogP contribution >= 0.6 is 0 Å². The summed E-state index contributed by atoms with van der Waals surface area (Å²) in [7, 11) is 0. The molecule has 3 aromatic rings. The molecule has 4 rings (SSSR count). The molecule has 1 aliphatic carbocycles. The van der Waals surface area contributed by atoms with Crippen LogP contribution in [0.5, 0.6) is 5.75 Å². The first-order valence-electron chi connectivity index (χ1n) is 13.3. The van der Waals surface area contributed by atoms with Gasteiger partial charge in [0.2, 0.25) is 5.91 Å². The molecule has 0 spiro atoms. The Hall–Kier alpha value is -3.37. The molecule has 194 valence electrons. The number of ether oxygens (including phenoxy) is 2. The Bertz CT molecular complexity index is 1210. The number of benzene rings is 3. The van der Waals surface area contributed by atoms with Crippen molar-refractivity contribution in [1.82, 2.24) is 5.32 Å². The Morgan fingerprint density at radius 1 is 0.946 bits per heavy atom. The predicted molar refractivity (Wildman–Crippen MR) is 152 cm³/mol. The quantitative estimate of drug-likeness (QED) is 0.320. The van der Waals surface area contributed by atoms with E-state index in [4.69, 9.17) is 9.47 Å². The van der Waals surface area contributed by atoms with Crippen molar-refractivity contribution in [2.75, 3.05) is 6.54 Å². The van der Waals surface area contributed by atoms with Crippen LogP contribution in [0.25, 0.3) is 16.7 Å². The maximum Gasteiger partial charge on any atom is 0.216 e. The zero-order valence-electron chi connectivity index (χ0n) is 22.4. The van der Waals surface area contributed by atoms with Crippen molar-refractivity contribution in [3.05, 3.63) is 95.6 Å². The topological polar surface area (TPSA) is 47.6 Å². The van der Waals surface area contributed by atoms with Gasteiger partial charge in [0.15, 0.2) is 0 Å². The Kier molecular flexibility index (Phi) is 9.19. The van der Waals surface area contributed by atoms with E-state index in [1.807, 2.05) is 6.92 Å². The second kappa shape index (κ2) is 12.7. The molecule has 1 saturated carbocycles. The minimum Gasteiger partial charge on any atom is -0.490 e. The third-order valence-electron chi connectivity index (χ3n) is 7.05. The molecule has 4 nitrogen and oxygen atoms in total. The molecule has 0 unspecified atom stereocenters. The van der Waals surface area contributed by atoms with E-state index in [1.54, 1.807) is 6.92 Å². The normalized spacial score (nSPS) is 17.3. The summed E-state index contributed by atoms with van der Waals surface area (Å²) in [6.45, 7) is 11.1. The molecule has 1 fully saturated rings. The standard InChI is InChI=1S/C33H39NO3/c1-23(2)28-6-5-7-29(20-28)33-21-32(13-12-27(33)18-19-34-25(4)35)37-31-16-14-30(15-17-31)36-22-26-10-8-24(3)9-11-26/h5-13,20-21,30-31H,1,14-19,22H2,2-4H3,(H,34,35). The molecule has 0 atom stereocenters. The number of hydrogen-bond acceptors (Lipinski definition) is 3. The lowest BCUT2D eigenvalue weighted by Crippen LogP contribution is -2.28. The van der Waals surface area contributed by atoms with Crippen molar-refractivity contribution in [2.45, 2.75) is 71.7 Å². The fourth-order valence-corrected chi connectivity index (χ4v) is 4.85. The Balaban J connectivity index is 1.40. The highest BCUT2D eigenvalue weighted by Crippen LogP contribution is 2.32. The van der Waals surface area contributed by atoms with Crippen molar-refractivity contribution in [3.63, 3.8) is 0 Å². The van der Waals surface area contributed by atoms with Gasteiger partial charge >= 0.3 is 0 Å². The lowest BCUT2D eigenvalue weighted by molar-refractivity contribution is -0.118. The summed E-state index contributed by atoms with van der Waals surface area (Å²) in [6, 6.07) is 23.4. The third kappa shape index (κ3) is 7.80. The van der Waals surface area contributed by atoms with E-state index in [-0.39, 0.29) is 18.1 Å². The Morgan fingerprint density at radius 3 is 2.38 bits per heavy atom. The third-order valence-corrected chi connectivity index (χ3v) is 7.05. The largest absolute Gasteiger partial charge is 0.490 e. The van der Waals surface area contributed by atoms with Gasteiger partial charge in [0, 0.05) is 13.5 Å². The molecule has 0 aromatic heterocycles. The SMILES string of the molecule is C=C(C)c1cccc(-c2cc(OC3CCC(OCc4ccc(C)cc4)CC3)ccc2CCNC(C)=O)c1. The van der Waals surface area contributed by atoms with E-state index in [0.29, 0.717) is 13.2 Å². The molecule has 4 heteroatoms. The van der Waals surface area contributed by atoms with Gasteiger partial charge in [0.1, 0.15) is 5.75 Å². The maximum absolute atomic E-state index is 11.4. The summed E-state index contributed by atoms with van der Waals surface area (Å²) in [6.07, 6.45) is 5.25. The van der Waals surface area contributed by atoms with Gasteiger partial charge in [-0.05, 0) is 92.0 Å². The predicted octanol–water partition coefficient (Wildman–Crippen LogP) is 7.28. The van der Waals surface area contributed by atoms with Gasteiger partial charge in [0.25, 0.3) is 0 Å². The molecule has 0 aliphatic heterocycles. The van der Waals surface area contributed by atoms with Gasteiger partial charge in [-0.2, -0.15) is 0 Å². The fraction of sp³-hybridized carbons (Fsp3) is 0.364. The van der Waals surface area contributed by atoms with Crippen LogP contribution in [0.2, 0.25) is 0 Å². The highest BCUT2D eigenvalue weighted by Gasteiger charge is 2.23. The number of nitrogens with one attached hydrogen (secondary N) is 1. The summed E-state index contributed by atoms with van der Waals surface area (Å²) in [5.41, 5.74) is 8.13. The molecular formula is C33H39NO3. The average Bonchev–Trinajstić information content (AvgIpc) is 2.90. The first-order valence-corrected chi connectivity index (χ1v) is 13.3. The number of rotatable bonds is 10. The number of amides is 1. The van der Waals surface area contributed by atoms with Crippen LogP contribution < -0.4 is 10.1 Å². The monoisotopic (exact) mass is 497 g/mol. The minimum atomic E-state index is -0.00997. The molecule has 0 radical (unpaired) electrons. The van der Waals surface area contributed by atoms with Crippen molar-refractivity contribution in [3.8, 4) is 16.9 Å². The zero-order valence-corrected chi connectivity index (χ0v) is 22.4. The summed E-state index contributed by atoms with van der Waals surface area (Å²) in [4.78, 5) is 11.4. The van der Waals surface area contributed by atoms with Gasteiger partial charge in [-0.3, -0.25) is 4.79 Å². The summed E-state index contributed by atoms with van der Waals surface area (Å²) in [5, 5.41) is 2.91. The van der Waals surface area contributed by atoms with Crippen molar-refractivity contribution in [2.24, 2.45) is 0 Å². The molecule has 1 amide bonds. The smallest absolute Gasteiger partial charge is 0.216 e. The number of carbonyl (C=O) groups is 1. The highest BCUT2D eigenvalue weighted by atomic mass is 16.5. The second-order valence-corrected chi connectivity index (χ2v) is 10.2. The van der Waals surface area contributed by atoms with Crippen LogP contribution in [-0.4, -0.2) is 24.7 Å². The zero-order chi connectivity index (χ0) is 26.2. The number of aryl methyl sites for hydroxylation is 1. The molecule has 0 heterocycles. The maximum atomic E-state index is 11.4. The van der Waals surface area contributed by atoms with E-state index in [2.05, 4.69) is 85.5 Å². The molecule has 1 N–H and O–H groups in total. The number of allylic oxidation sites excluding steroid dienone is 1. The lowest BCUT2D eigenvalue weighted by atomic mass is 9.93. The van der Waals surface area contributed by atoms with Crippen LogP contribution in [-0.2, 0) is 22.6 Å². The van der Waals surface area contributed by atoms with Crippen LogP contribution in [0.4, 0.5) is 0 Å². The van der Waals surface area contributed by atoms with Crippen LogP contribution in [0.3, 0.4) is 0 Å². The van der Waals surface area contributed by atoms with E-state index in [9.17, 15) is 4.79 Å². The molecule has 1 aliphatic rings. The molecular weight excluding hydrogens is 458 g/mol. The second-order valence-electron chi connectivity index (χ2n) is 10.2. The van der Waals surface area contributed by atoms with E-state index < -0.39 is 0 Å². The van der Waals surface area contributed by atoms with Gasteiger partial charge in [0.05, 0.1) is 18.8 Å². The van der Waals surface area contributed by atoms with E-state index in [0.717, 1.165) is 60.1 Å². The average molecular weight is 498 g/mol. The van der Waals surface area contributed by atoms with Crippen LogP contribution in [0.15, 0.2) is 73.3 Å². The number of hydrogen-bond donors (Lipinski definition) is 1. The van der Waals surface area contributed by atoms with Crippen LogP contribution in [0, 0.1) is 6.92 Å². The van der Waals surface area contributed by atoms with E-state index >= 15 is 0 Å². The fourth-order valence-electron chi connectivity index (χ4n) is 4.85. The summed E-state index contributed by atoms with van der Waals surface area (Å²) in [5.74, 6) is 0.882. The van der Waals surface area contributed by atoms with E-state index in [1.165, 1.54) is 16.7 Å². The van der Waals surface area contributed by atoms with Crippen LogP contribution in [0.1, 0.15) is 61.8 Å². The molecule has 0 saturated heterocycles. The lowest BCUT2D eigenvalue weighted by Gasteiger charge is -2.29. The van der Waals surface area contributed by atoms with Gasteiger partial charge < -0.3 is 14.8 Å². The summed E-state index contributed by atoms with van der Waals surface area (Å²) >= 11 is 0.